The Balaban J connectivity index is 4.48. The molecule has 0 aliphatic carbocycles. The molecule has 0 saturated carbocycles. The fraction of sp³-hybridized carbons (Fsp3) is 0.600. The Morgan fingerprint density at radius 3 is 2.64 bits per heavy atom. The molecule has 0 bridgehead atoms. The van der Waals surface area contributed by atoms with Gasteiger partial charge in [0.05, 0.1) is 0 Å². The van der Waals surface area contributed by atoms with Crippen molar-refractivity contribution in [3.8, 4) is 0 Å². The molecule has 0 aromatic carbocycles. The summed E-state index contributed by atoms with van der Waals surface area (Å²) in [4.78, 5) is 13.9. The third-order valence-corrected chi connectivity index (χ3v) is 1.63. The monoisotopic (exact) mass is 198 g/mol. The SMILES string of the molecule is CN=CC(COC=O)=C(N)CC(C)C. The largest absolute Gasteiger partial charge is 0.463 e. The third kappa shape index (κ3) is 5.35. The molecule has 0 aliphatic heterocycles. The number of ether oxygens (including phenoxy) is 1. The van der Waals surface area contributed by atoms with Crippen LogP contribution in [0.2, 0.25) is 0 Å². The fourth-order valence-electron chi connectivity index (χ4n) is 1.06. The Labute approximate surface area is 84.8 Å². The molecule has 0 heterocycles. The lowest BCUT2D eigenvalue weighted by Crippen LogP contribution is -2.11. The van der Waals surface area contributed by atoms with Crippen molar-refractivity contribution in [2.45, 2.75) is 20.3 Å². The van der Waals surface area contributed by atoms with E-state index in [2.05, 4.69) is 23.6 Å². The minimum absolute atomic E-state index is 0.194. The molecule has 0 fully saturated rings. The summed E-state index contributed by atoms with van der Waals surface area (Å²) in [6, 6.07) is 0. The van der Waals surface area contributed by atoms with Gasteiger partial charge in [-0.2, -0.15) is 0 Å². The van der Waals surface area contributed by atoms with Gasteiger partial charge in [-0.3, -0.25) is 9.79 Å². The van der Waals surface area contributed by atoms with Crippen LogP contribution in [-0.2, 0) is 9.53 Å². The van der Waals surface area contributed by atoms with E-state index in [1.807, 2.05) is 0 Å². The number of hydrogen-bond acceptors (Lipinski definition) is 4. The summed E-state index contributed by atoms with van der Waals surface area (Å²) in [5.74, 6) is 0.478. The smallest absolute Gasteiger partial charge is 0.293 e. The average Bonchev–Trinajstić information content (AvgIpc) is 2.10. The quantitative estimate of drug-likeness (QED) is 0.513. The van der Waals surface area contributed by atoms with Gasteiger partial charge in [-0.15, -0.1) is 0 Å². The van der Waals surface area contributed by atoms with Gasteiger partial charge < -0.3 is 10.5 Å². The molecule has 0 amide bonds. The van der Waals surface area contributed by atoms with Crippen molar-refractivity contribution in [3.05, 3.63) is 11.3 Å². The third-order valence-electron chi connectivity index (χ3n) is 1.63. The molecule has 14 heavy (non-hydrogen) atoms. The summed E-state index contributed by atoms with van der Waals surface area (Å²) in [6.45, 7) is 4.76. The zero-order valence-corrected chi connectivity index (χ0v) is 8.99. The van der Waals surface area contributed by atoms with Gasteiger partial charge in [-0.25, -0.2) is 0 Å². The Morgan fingerprint density at radius 1 is 1.57 bits per heavy atom. The molecular weight excluding hydrogens is 180 g/mol. The maximum atomic E-state index is 10.0. The normalized spacial score (nSPS) is 13.1. The van der Waals surface area contributed by atoms with E-state index >= 15 is 0 Å². The van der Waals surface area contributed by atoms with Crippen molar-refractivity contribution >= 4 is 12.7 Å². The van der Waals surface area contributed by atoms with Gasteiger partial charge in [0.15, 0.2) is 0 Å². The molecule has 0 aliphatic rings. The van der Waals surface area contributed by atoms with Crippen LogP contribution in [0.5, 0.6) is 0 Å². The van der Waals surface area contributed by atoms with Gasteiger partial charge in [0.25, 0.3) is 6.47 Å². The molecule has 0 aromatic rings. The second kappa shape index (κ2) is 7.12. The predicted octanol–water partition coefficient (Wildman–Crippen LogP) is 1.12. The Hall–Kier alpha value is -1.32. The van der Waals surface area contributed by atoms with Crippen LogP contribution in [0.4, 0.5) is 0 Å². The van der Waals surface area contributed by atoms with E-state index in [4.69, 9.17) is 5.73 Å². The van der Waals surface area contributed by atoms with Gasteiger partial charge in [0.2, 0.25) is 0 Å². The standard InChI is InChI=1S/C10H18N2O2/c1-8(2)4-10(11)9(5-12-3)6-14-7-13/h5,7-8H,4,6,11H2,1-3H3. The molecule has 2 N–H and O–H groups in total. The molecule has 4 nitrogen and oxygen atoms in total. The summed E-state index contributed by atoms with van der Waals surface area (Å²) < 4.78 is 4.64. The van der Waals surface area contributed by atoms with E-state index in [9.17, 15) is 4.79 Å². The number of allylic oxidation sites excluding steroid dienone is 1. The Bertz CT molecular complexity index is 232. The second-order valence-electron chi connectivity index (χ2n) is 3.44. The van der Waals surface area contributed by atoms with Crippen molar-refractivity contribution < 1.29 is 9.53 Å². The molecule has 0 aromatic heterocycles. The number of aliphatic imine (C=N–C) groups is 1. The fourth-order valence-corrected chi connectivity index (χ4v) is 1.06. The maximum absolute atomic E-state index is 10.0. The summed E-state index contributed by atoms with van der Waals surface area (Å²) in [6.07, 6.45) is 2.41. The van der Waals surface area contributed by atoms with Gasteiger partial charge in [-0.05, 0) is 12.3 Å². The van der Waals surface area contributed by atoms with E-state index in [0.29, 0.717) is 12.4 Å². The number of nitrogens with two attached hydrogens (primary N) is 1. The van der Waals surface area contributed by atoms with Gasteiger partial charge in [-0.1, -0.05) is 13.8 Å². The van der Waals surface area contributed by atoms with E-state index in [1.165, 1.54) is 0 Å². The lowest BCUT2D eigenvalue weighted by atomic mass is 10.1. The van der Waals surface area contributed by atoms with Crippen LogP contribution >= 0.6 is 0 Å². The number of carbonyl (C=O) groups is 1. The number of carbonyl (C=O) groups excluding carboxylic acids is 1. The van der Waals surface area contributed by atoms with Crippen LogP contribution < -0.4 is 5.73 Å². The second-order valence-corrected chi connectivity index (χ2v) is 3.44. The zero-order chi connectivity index (χ0) is 11.0. The van der Waals surface area contributed by atoms with Crippen molar-refractivity contribution in [1.29, 1.82) is 0 Å². The predicted molar refractivity (Wildman–Crippen MR) is 57.1 cm³/mol. The van der Waals surface area contributed by atoms with Crippen molar-refractivity contribution in [2.75, 3.05) is 13.7 Å². The molecule has 4 heteroatoms. The highest BCUT2D eigenvalue weighted by Crippen LogP contribution is 2.09. The lowest BCUT2D eigenvalue weighted by Gasteiger charge is -2.09. The first-order valence-corrected chi connectivity index (χ1v) is 4.56. The van der Waals surface area contributed by atoms with Crippen molar-refractivity contribution in [3.63, 3.8) is 0 Å². The lowest BCUT2D eigenvalue weighted by molar-refractivity contribution is -0.127. The highest BCUT2D eigenvalue weighted by molar-refractivity contribution is 5.79. The summed E-state index contributed by atoms with van der Waals surface area (Å²) in [5.41, 5.74) is 7.34. The zero-order valence-electron chi connectivity index (χ0n) is 8.99. The van der Waals surface area contributed by atoms with Gasteiger partial charge in [0.1, 0.15) is 6.61 Å². The van der Waals surface area contributed by atoms with Gasteiger partial charge in [0, 0.05) is 24.5 Å². The van der Waals surface area contributed by atoms with Gasteiger partial charge >= 0.3 is 0 Å². The van der Waals surface area contributed by atoms with E-state index in [0.717, 1.165) is 17.7 Å². The number of rotatable bonds is 6. The minimum Gasteiger partial charge on any atom is -0.463 e. The molecule has 80 valence electrons. The van der Waals surface area contributed by atoms with Crippen molar-refractivity contribution in [1.82, 2.24) is 0 Å². The molecule has 0 rings (SSSR count). The van der Waals surface area contributed by atoms with E-state index in [-0.39, 0.29) is 6.61 Å². The first-order valence-electron chi connectivity index (χ1n) is 4.56. The summed E-state index contributed by atoms with van der Waals surface area (Å²) >= 11 is 0. The van der Waals surface area contributed by atoms with E-state index in [1.54, 1.807) is 13.3 Å². The highest BCUT2D eigenvalue weighted by Gasteiger charge is 2.04. The molecule has 0 saturated heterocycles. The minimum atomic E-state index is 0.194. The number of hydrogen-bond donors (Lipinski definition) is 1. The highest BCUT2D eigenvalue weighted by atomic mass is 16.5. The summed E-state index contributed by atoms with van der Waals surface area (Å²) in [5, 5.41) is 0. The average molecular weight is 198 g/mol. The number of nitrogens with zero attached hydrogens (tertiary/aromatic N) is 1. The molecule has 0 atom stereocenters. The Kier molecular flexibility index (Phi) is 6.45. The summed E-state index contributed by atoms with van der Waals surface area (Å²) in [7, 11) is 1.66. The van der Waals surface area contributed by atoms with Crippen LogP contribution in [0.3, 0.4) is 0 Å². The Morgan fingerprint density at radius 2 is 2.21 bits per heavy atom. The van der Waals surface area contributed by atoms with Crippen LogP contribution in [0.15, 0.2) is 16.3 Å². The van der Waals surface area contributed by atoms with E-state index < -0.39 is 0 Å². The van der Waals surface area contributed by atoms with Crippen molar-refractivity contribution in [2.24, 2.45) is 16.6 Å². The first-order chi connectivity index (χ1) is 6.61. The molecule has 0 unspecified atom stereocenters. The maximum Gasteiger partial charge on any atom is 0.293 e. The molecule has 0 radical (unpaired) electrons. The van der Waals surface area contributed by atoms with Crippen LogP contribution in [0.25, 0.3) is 0 Å². The van der Waals surface area contributed by atoms with Crippen LogP contribution in [0, 0.1) is 5.92 Å². The van der Waals surface area contributed by atoms with Crippen LogP contribution in [-0.4, -0.2) is 26.3 Å². The molecule has 0 spiro atoms. The molecular formula is C10H18N2O2. The topological polar surface area (TPSA) is 64.7 Å². The first kappa shape index (κ1) is 12.7. The van der Waals surface area contributed by atoms with Crippen LogP contribution in [0.1, 0.15) is 20.3 Å².